The maximum atomic E-state index is 12.1. The molecule has 0 aliphatic carbocycles. The van der Waals surface area contributed by atoms with Gasteiger partial charge in [-0.15, -0.1) is 0 Å². The van der Waals surface area contributed by atoms with Gasteiger partial charge in [0.25, 0.3) is 0 Å². The fraction of sp³-hybridized carbons (Fsp3) is 0.250. The van der Waals surface area contributed by atoms with Crippen LogP contribution in [0.4, 0.5) is 10.5 Å². The Morgan fingerprint density at radius 1 is 0.923 bits per heavy atom. The number of hydrogen-bond acceptors (Lipinski definition) is 5. The van der Waals surface area contributed by atoms with Gasteiger partial charge in [0.05, 0.1) is 12.2 Å². The van der Waals surface area contributed by atoms with Gasteiger partial charge in [-0.05, 0) is 37.1 Å². The van der Waals surface area contributed by atoms with Crippen LogP contribution in [0.25, 0.3) is 0 Å². The highest BCUT2D eigenvalue weighted by Gasteiger charge is 2.13. The summed E-state index contributed by atoms with van der Waals surface area (Å²) in [6, 6.07) is 13.4. The van der Waals surface area contributed by atoms with Crippen molar-refractivity contribution in [1.82, 2.24) is 0 Å². The Bertz CT molecular complexity index is 783. The van der Waals surface area contributed by atoms with Crippen LogP contribution in [-0.2, 0) is 15.9 Å². The fourth-order valence-corrected chi connectivity index (χ4v) is 2.23. The first-order valence-corrected chi connectivity index (χ1v) is 8.36. The van der Waals surface area contributed by atoms with E-state index in [2.05, 4.69) is 5.32 Å². The second-order valence-electron chi connectivity index (χ2n) is 5.48. The zero-order chi connectivity index (χ0) is 18.9. The molecule has 0 heterocycles. The van der Waals surface area contributed by atoms with Crippen molar-refractivity contribution < 1.29 is 23.9 Å². The van der Waals surface area contributed by atoms with Gasteiger partial charge in [-0.2, -0.15) is 0 Å². The molecule has 0 aliphatic rings. The molecule has 2 aromatic carbocycles. The van der Waals surface area contributed by atoms with Crippen LogP contribution in [0.2, 0.25) is 0 Å². The Labute approximate surface area is 152 Å². The van der Waals surface area contributed by atoms with Crippen molar-refractivity contribution in [3.8, 4) is 0 Å². The van der Waals surface area contributed by atoms with Gasteiger partial charge in [0.1, 0.15) is 0 Å². The highest BCUT2D eigenvalue weighted by atomic mass is 16.5. The predicted molar refractivity (Wildman–Crippen MR) is 97.5 cm³/mol. The van der Waals surface area contributed by atoms with Gasteiger partial charge in [0, 0.05) is 11.3 Å². The van der Waals surface area contributed by atoms with Gasteiger partial charge >= 0.3 is 12.1 Å². The minimum absolute atomic E-state index is 0.230. The molecule has 0 saturated carbocycles. The van der Waals surface area contributed by atoms with Gasteiger partial charge in [-0.25, -0.2) is 9.59 Å². The van der Waals surface area contributed by atoms with E-state index in [1.54, 1.807) is 37.3 Å². The lowest BCUT2D eigenvalue weighted by molar-refractivity contribution is 0.0475. The van der Waals surface area contributed by atoms with Crippen molar-refractivity contribution in [3.05, 3.63) is 65.2 Å². The number of Topliss-reactive ketones (excluding diaryl/α,β-unsaturated/α-hetero) is 1. The van der Waals surface area contributed by atoms with E-state index in [1.807, 2.05) is 19.1 Å². The number of esters is 1. The number of ether oxygens (including phenoxy) is 2. The van der Waals surface area contributed by atoms with Crippen LogP contribution in [0, 0.1) is 0 Å². The van der Waals surface area contributed by atoms with Gasteiger partial charge in [0.2, 0.25) is 0 Å². The molecule has 26 heavy (non-hydrogen) atoms. The Hall–Kier alpha value is -3.15. The first kappa shape index (κ1) is 19.2. The molecule has 0 unspecified atom stereocenters. The molecule has 136 valence electrons. The topological polar surface area (TPSA) is 81.7 Å². The number of anilines is 1. The average molecular weight is 355 g/mol. The molecule has 0 atom stereocenters. The van der Waals surface area contributed by atoms with Crippen LogP contribution < -0.4 is 5.32 Å². The molecule has 0 fully saturated rings. The van der Waals surface area contributed by atoms with Crippen molar-refractivity contribution in [3.63, 3.8) is 0 Å². The van der Waals surface area contributed by atoms with Crippen molar-refractivity contribution in [2.75, 3.05) is 18.5 Å². The van der Waals surface area contributed by atoms with E-state index >= 15 is 0 Å². The minimum Gasteiger partial charge on any atom is -0.454 e. The lowest BCUT2D eigenvalue weighted by Gasteiger charge is -2.08. The van der Waals surface area contributed by atoms with Crippen LogP contribution in [-0.4, -0.2) is 31.1 Å². The Morgan fingerprint density at radius 2 is 1.65 bits per heavy atom. The largest absolute Gasteiger partial charge is 0.454 e. The molecule has 0 bridgehead atoms. The molecule has 2 rings (SSSR count). The van der Waals surface area contributed by atoms with E-state index in [0.29, 0.717) is 11.3 Å². The SMILES string of the molecule is CCOC(=O)Nc1cccc(C(=O)OCC(=O)c2ccc(CC)cc2)c1. The number of hydrogen-bond donors (Lipinski definition) is 1. The smallest absolute Gasteiger partial charge is 0.411 e. The summed E-state index contributed by atoms with van der Waals surface area (Å²) in [5.41, 5.74) is 2.25. The number of ketones is 1. The maximum Gasteiger partial charge on any atom is 0.411 e. The summed E-state index contributed by atoms with van der Waals surface area (Å²) in [4.78, 5) is 35.7. The second-order valence-corrected chi connectivity index (χ2v) is 5.48. The lowest BCUT2D eigenvalue weighted by atomic mass is 10.1. The van der Waals surface area contributed by atoms with E-state index in [1.165, 1.54) is 6.07 Å². The molecule has 6 heteroatoms. The monoisotopic (exact) mass is 355 g/mol. The predicted octanol–water partition coefficient (Wildman–Crippen LogP) is 3.86. The van der Waals surface area contributed by atoms with Crippen LogP contribution >= 0.6 is 0 Å². The Kier molecular flexibility index (Phi) is 6.91. The molecule has 1 amide bonds. The van der Waals surface area contributed by atoms with E-state index in [4.69, 9.17) is 9.47 Å². The van der Waals surface area contributed by atoms with Crippen LogP contribution in [0.3, 0.4) is 0 Å². The number of carbonyl (C=O) groups is 3. The molecule has 0 aliphatic heterocycles. The molecule has 1 N–H and O–H groups in total. The zero-order valence-electron chi connectivity index (χ0n) is 14.8. The standard InChI is InChI=1S/C20H21NO5/c1-3-14-8-10-15(11-9-14)18(22)13-26-19(23)16-6-5-7-17(12-16)21-20(24)25-4-2/h5-12H,3-4,13H2,1-2H3,(H,21,24). The summed E-state index contributed by atoms with van der Waals surface area (Å²) < 4.78 is 9.86. The average Bonchev–Trinajstić information content (AvgIpc) is 2.66. The number of rotatable bonds is 7. The van der Waals surface area contributed by atoms with Crippen LogP contribution in [0.5, 0.6) is 0 Å². The molecule has 2 aromatic rings. The molecule has 0 spiro atoms. The second kappa shape index (κ2) is 9.36. The first-order valence-electron chi connectivity index (χ1n) is 8.36. The summed E-state index contributed by atoms with van der Waals surface area (Å²) in [6.07, 6.45) is 0.281. The third-order valence-corrected chi connectivity index (χ3v) is 3.64. The minimum atomic E-state index is -0.643. The molecule has 0 saturated heterocycles. The molecule has 0 radical (unpaired) electrons. The van der Waals surface area contributed by atoms with Gasteiger partial charge in [0.15, 0.2) is 12.4 Å². The summed E-state index contributed by atoms with van der Waals surface area (Å²) in [5.74, 6) is -0.919. The Balaban J connectivity index is 1.94. The summed E-state index contributed by atoms with van der Waals surface area (Å²) in [7, 11) is 0. The molecular weight excluding hydrogens is 334 g/mol. The number of amides is 1. The molecule has 0 aromatic heterocycles. The number of carbonyl (C=O) groups excluding carboxylic acids is 3. The van der Waals surface area contributed by atoms with E-state index < -0.39 is 12.1 Å². The highest BCUT2D eigenvalue weighted by Crippen LogP contribution is 2.13. The zero-order valence-corrected chi connectivity index (χ0v) is 14.8. The number of nitrogens with one attached hydrogen (secondary N) is 1. The van der Waals surface area contributed by atoms with E-state index in [-0.39, 0.29) is 24.6 Å². The number of benzene rings is 2. The number of aryl methyl sites for hydroxylation is 1. The Morgan fingerprint density at radius 3 is 2.31 bits per heavy atom. The maximum absolute atomic E-state index is 12.1. The van der Waals surface area contributed by atoms with Gasteiger partial charge < -0.3 is 9.47 Å². The van der Waals surface area contributed by atoms with Crippen molar-refractivity contribution >= 4 is 23.5 Å². The summed E-state index contributed by atoms with van der Waals surface area (Å²) in [6.45, 7) is 3.62. The summed E-state index contributed by atoms with van der Waals surface area (Å²) in [5, 5.41) is 2.50. The van der Waals surface area contributed by atoms with Crippen molar-refractivity contribution in [2.45, 2.75) is 20.3 Å². The third-order valence-electron chi connectivity index (χ3n) is 3.64. The normalized spacial score (nSPS) is 10.1. The third kappa shape index (κ3) is 5.44. The quantitative estimate of drug-likeness (QED) is 0.602. The lowest BCUT2D eigenvalue weighted by Crippen LogP contribution is -2.16. The van der Waals surface area contributed by atoms with Crippen molar-refractivity contribution in [2.24, 2.45) is 0 Å². The van der Waals surface area contributed by atoms with Crippen molar-refractivity contribution in [1.29, 1.82) is 0 Å². The molecule has 6 nitrogen and oxygen atoms in total. The van der Waals surface area contributed by atoms with Gasteiger partial charge in [-0.1, -0.05) is 37.3 Å². The highest BCUT2D eigenvalue weighted by molar-refractivity contribution is 5.99. The fourth-order valence-electron chi connectivity index (χ4n) is 2.23. The first-order chi connectivity index (χ1) is 12.5. The summed E-state index contributed by atoms with van der Waals surface area (Å²) >= 11 is 0. The van der Waals surface area contributed by atoms with Gasteiger partial charge in [-0.3, -0.25) is 10.1 Å². The van der Waals surface area contributed by atoms with Crippen LogP contribution in [0.1, 0.15) is 40.1 Å². The van der Waals surface area contributed by atoms with E-state index in [0.717, 1.165) is 12.0 Å². The van der Waals surface area contributed by atoms with E-state index in [9.17, 15) is 14.4 Å². The molecular formula is C20H21NO5. The van der Waals surface area contributed by atoms with Crippen LogP contribution in [0.15, 0.2) is 48.5 Å².